The van der Waals surface area contributed by atoms with Crippen LogP contribution in [0.4, 0.5) is 17.1 Å². The second-order valence-electron chi connectivity index (χ2n) is 14.1. The minimum atomic E-state index is 1.11. The number of fused-ring (bicyclic) bond motifs is 8. The molecule has 0 aliphatic rings. The summed E-state index contributed by atoms with van der Waals surface area (Å²) in [4.78, 5) is 2.37. The SMILES string of the molecule is c1ccc(-c2ccc(N(c3ccc(-c4cccc5c4sc4ccccc45)cc3)c3ccc(-c4cccc5ccc6c7ccccc7sc6c45)cc3)cc2)cc1. The first-order valence-electron chi connectivity index (χ1n) is 18.7. The van der Waals surface area contributed by atoms with Crippen LogP contribution in [0, 0.1) is 0 Å². The molecule has 0 saturated carbocycles. The molecule has 3 heteroatoms. The van der Waals surface area contributed by atoms with Gasteiger partial charge < -0.3 is 4.90 Å². The average molecular weight is 736 g/mol. The van der Waals surface area contributed by atoms with Gasteiger partial charge in [0.15, 0.2) is 0 Å². The maximum Gasteiger partial charge on any atom is 0.0462 e. The minimum Gasteiger partial charge on any atom is -0.311 e. The molecule has 0 aliphatic carbocycles. The van der Waals surface area contributed by atoms with E-state index in [1.807, 2.05) is 22.7 Å². The van der Waals surface area contributed by atoms with E-state index in [0.29, 0.717) is 0 Å². The summed E-state index contributed by atoms with van der Waals surface area (Å²) in [6.45, 7) is 0. The molecule has 0 aliphatic heterocycles. The zero-order valence-electron chi connectivity index (χ0n) is 29.8. The van der Waals surface area contributed by atoms with Crippen LogP contribution in [0.15, 0.2) is 200 Å². The second kappa shape index (κ2) is 13.1. The van der Waals surface area contributed by atoms with Gasteiger partial charge in [0.25, 0.3) is 0 Å². The van der Waals surface area contributed by atoms with Crippen molar-refractivity contribution >= 4 is 90.9 Å². The third kappa shape index (κ3) is 5.43. The summed E-state index contributed by atoms with van der Waals surface area (Å²) in [5.74, 6) is 0. The van der Waals surface area contributed by atoms with Crippen LogP contribution in [0.2, 0.25) is 0 Å². The van der Waals surface area contributed by atoms with Crippen LogP contribution in [0.1, 0.15) is 0 Å². The van der Waals surface area contributed by atoms with Crippen molar-refractivity contribution in [3.63, 3.8) is 0 Å². The molecular formula is C52H33NS2. The second-order valence-corrected chi connectivity index (χ2v) is 16.2. The van der Waals surface area contributed by atoms with Gasteiger partial charge in [0.1, 0.15) is 0 Å². The standard InChI is InChI=1S/C52H33NS2/c1-2-10-34(11-3-1)35-20-27-39(28-21-35)53(41-31-24-37(25-32-41)43-16-9-17-46-44-13-4-6-18-48(44)54-51(43)46)40-29-22-36(23-30-40)42-15-8-12-38-26-33-47-45-14-5-7-19-49(45)55-52(47)50(38)42/h1-33H. The Kier molecular flexibility index (Phi) is 7.61. The van der Waals surface area contributed by atoms with Crippen molar-refractivity contribution in [3.05, 3.63) is 200 Å². The van der Waals surface area contributed by atoms with Crippen LogP contribution in [-0.2, 0) is 0 Å². The maximum atomic E-state index is 2.37. The fourth-order valence-electron chi connectivity index (χ4n) is 8.23. The first-order valence-corrected chi connectivity index (χ1v) is 20.3. The molecular weight excluding hydrogens is 703 g/mol. The highest BCUT2D eigenvalue weighted by molar-refractivity contribution is 7.27. The molecule has 11 rings (SSSR count). The van der Waals surface area contributed by atoms with Gasteiger partial charge in [-0.1, -0.05) is 152 Å². The highest BCUT2D eigenvalue weighted by atomic mass is 32.1. The number of nitrogens with zero attached hydrogens (tertiary/aromatic N) is 1. The lowest BCUT2D eigenvalue weighted by Gasteiger charge is -2.26. The predicted octanol–water partition coefficient (Wildman–Crippen LogP) is 16.0. The van der Waals surface area contributed by atoms with Crippen LogP contribution in [0.3, 0.4) is 0 Å². The van der Waals surface area contributed by atoms with E-state index in [2.05, 4.69) is 205 Å². The Morgan fingerprint density at radius 3 is 1.42 bits per heavy atom. The largest absolute Gasteiger partial charge is 0.311 e. The lowest BCUT2D eigenvalue weighted by molar-refractivity contribution is 1.28. The van der Waals surface area contributed by atoms with Crippen LogP contribution < -0.4 is 4.90 Å². The Morgan fingerprint density at radius 2 is 0.764 bits per heavy atom. The first-order chi connectivity index (χ1) is 27.3. The molecule has 0 spiro atoms. The Balaban J connectivity index is 1.01. The molecule has 2 aromatic heterocycles. The van der Waals surface area contributed by atoms with Gasteiger partial charge in [-0.25, -0.2) is 0 Å². The number of rotatable bonds is 6. The van der Waals surface area contributed by atoms with Crippen molar-refractivity contribution < 1.29 is 0 Å². The van der Waals surface area contributed by atoms with Crippen LogP contribution >= 0.6 is 22.7 Å². The van der Waals surface area contributed by atoms with Gasteiger partial charge in [-0.3, -0.25) is 0 Å². The fraction of sp³-hybridized carbons (Fsp3) is 0. The lowest BCUT2D eigenvalue weighted by Crippen LogP contribution is -2.09. The zero-order chi connectivity index (χ0) is 36.3. The smallest absolute Gasteiger partial charge is 0.0462 e. The molecule has 0 unspecified atom stereocenters. The van der Waals surface area contributed by atoms with Crippen molar-refractivity contribution in [3.8, 4) is 33.4 Å². The molecule has 0 saturated heterocycles. The molecule has 0 bridgehead atoms. The predicted molar refractivity (Wildman–Crippen MR) is 241 cm³/mol. The van der Waals surface area contributed by atoms with Gasteiger partial charge in [-0.05, 0) is 87.3 Å². The van der Waals surface area contributed by atoms with E-state index in [-0.39, 0.29) is 0 Å². The van der Waals surface area contributed by atoms with E-state index in [4.69, 9.17) is 0 Å². The summed E-state index contributed by atoms with van der Waals surface area (Å²) in [6, 6.07) is 73.2. The van der Waals surface area contributed by atoms with E-state index < -0.39 is 0 Å². The molecule has 0 atom stereocenters. The summed E-state index contributed by atoms with van der Waals surface area (Å²) in [5, 5.41) is 7.90. The van der Waals surface area contributed by atoms with Crippen molar-refractivity contribution in [2.24, 2.45) is 0 Å². The molecule has 0 amide bonds. The lowest BCUT2D eigenvalue weighted by atomic mass is 9.96. The molecule has 258 valence electrons. The topological polar surface area (TPSA) is 3.24 Å². The van der Waals surface area contributed by atoms with Gasteiger partial charge in [0.2, 0.25) is 0 Å². The maximum absolute atomic E-state index is 2.37. The van der Waals surface area contributed by atoms with Crippen molar-refractivity contribution in [1.82, 2.24) is 0 Å². The molecule has 11 aromatic rings. The first kappa shape index (κ1) is 32.0. The number of hydrogen-bond acceptors (Lipinski definition) is 3. The van der Waals surface area contributed by atoms with E-state index >= 15 is 0 Å². The van der Waals surface area contributed by atoms with E-state index in [1.54, 1.807) is 0 Å². The quantitative estimate of drug-likeness (QED) is 0.164. The fourth-order valence-corrected chi connectivity index (χ4v) is 10.7. The zero-order valence-corrected chi connectivity index (χ0v) is 31.4. The van der Waals surface area contributed by atoms with Crippen molar-refractivity contribution in [2.75, 3.05) is 4.90 Å². The van der Waals surface area contributed by atoms with Crippen molar-refractivity contribution in [2.45, 2.75) is 0 Å². The van der Waals surface area contributed by atoms with Crippen LogP contribution in [0.25, 0.3) is 84.5 Å². The van der Waals surface area contributed by atoms with Gasteiger partial charge in [0, 0.05) is 62.8 Å². The Bertz CT molecular complexity index is 3170. The Labute approximate surface area is 327 Å². The molecule has 2 heterocycles. The van der Waals surface area contributed by atoms with Gasteiger partial charge >= 0.3 is 0 Å². The average Bonchev–Trinajstić information content (AvgIpc) is 3.84. The Hall–Kier alpha value is -6.52. The molecule has 1 nitrogen and oxygen atoms in total. The number of thiophene rings is 2. The molecule has 55 heavy (non-hydrogen) atoms. The minimum absolute atomic E-state index is 1.11. The number of hydrogen-bond donors (Lipinski definition) is 0. The van der Waals surface area contributed by atoms with E-state index in [9.17, 15) is 0 Å². The summed E-state index contributed by atoms with van der Waals surface area (Å²) in [5.41, 5.74) is 10.7. The van der Waals surface area contributed by atoms with Crippen molar-refractivity contribution in [1.29, 1.82) is 0 Å². The summed E-state index contributed by atoms with van der Waals surface area (Å²) in [6.07, 6.45) is 0. The van der Waals surface area contributed by atoms with Gasteiger partial charge in [-0.2, -0.15) is 0 Å². The third-order valence-corrected chi connectivity index (χ3v) is 13.3. The number of benzene rings is 9. The highest BCUT2D eigenvalue weighted by Gasteiger charge is 2.17. The van der Waals surface area contributed by atoms with Crippen LogP contribution in [-0.4, -0.2) is 0 Å². The highest BCUT2D eigenvalue weighted by Crippen LogP contribution is 2.44. The summed E-state index contributed by atoms with van der Waals surface area (Å²) < 4.78 is 5.34. The number of anilines is 3. The van der Waals surface area contributed by atoms with E-state index in [0.717, 1.165) is 17.1 Å². The summed E-state index contributed by atoms with van der Waals surface area (Å²) >= 11 is 3.77. The Morgan fingerprint density at radius 1 is 0.291 bits per heavy atom. The monoisotopic (exact) mass is 735 g/mol. The van der Waals surface area contributed by atoms with Gasteiger partial charge in [0.05, 0.1) is 0 Å². The summed E-state index contributed by atoms with van der Waals surface area (Å²) in [7, 11) is 0. The molecule has 0 radical (unpaired) electrons. The third-order valence-electron chi connectivity index (χ3n) is 10.9. The normalized spacial score (nSPS) is 11.6. The molecule has 9 aromatic carbocycles. The van der Waals surface area contributed by atoms with Crippen LogP contribution in [0.5, 0.6) is 0 Å². The molecule has 0 N–H and O–H groups in total. The van der Waals surface area contributed by atoms with Gasteiger partial charge in [-0.15, -0.1) is 22.7 Å². The molecule has 0 fully saturated rings. The van der Waals surface area contributed by atoms with E-state index in [1.165, 1.54) is 84.5 Å².